The summed E-state index contributed by atoms with van der Waals surface area (Å²) in [5.74, 6) is 0. The lowest BCUT2D eigenvalue weighted by molar-refractivity contribution is 0.0567. The molecule has 0 radical (unpaired) electrons. The van der Waals surface area contributed by atoms with Crippen LogP contribution in [0.1, 0.15) is 35.1 Å². The van der Waals surface area contributed by atoms with Gasteiger partial charge in [-0.05, 0) is 74.2 Å². The van der Waals surface area contributed by atoms with Crippen molar-refractivity contribution in [1.29, 1.82) is 0 Å². The molecule has 2 saturated heterocycles. The Kier molecular flexibility index (Phi) is 6.39. The zero-order chi connectivity index (χ0) is 24.5. The Bertz CT molecular complexity index is 1350. The maximum Gasteiger partial charge on any atom is 0.0705 e. The third-order valence-electron chi connectivity index (χ3n) is 7.76. The Labute approximate surface area is 214 Å². The molecular weight excluding hydrogens is 440 g/mol. The van der Waals surface area contributed by atoms with Gasteiger partial charge in [0.1, 0.15) is 0 Å². The minimum absolute atomic E-state index is 0.623. The summed E-state index contributed by atoms with van der Waals surface area (Å²) in [7, 11) is 0. The predicted molar refractivity (Wildman–Crippen MR) is 146 cm³/mol. The Morgan fingerprint density at radius 1 is 0.667 bits per heavy atom. The predicted octanol–water partition coefficient (Wildman–Crippen LogP) is 6.28. The molecule has 2 aromatic heterocycles. The number of likely N-dealkylation sites (tertiary alicyclic amines) is 1. The molecule has 182 valence electrons. The smallest absolute Gasteiger partial charge is 0.0705 e. The average Bonchev–Trinajstić information content (AvgIpc) is 3.11. The number of hydrogen-bond donors (Lipinski definition) is 0. The normalized spacial score (nSPS) is 20.1. The van der Waals surface area contributed by atoms with Gasteiger partial charge in [0.2, 0.25) is 0 Å². The van der Waals surface area contributed by atoms with Gasteiger partial charge in [0.25, 0.3) is 0 Å². The molecule has 0 amide bonds. The fraction of sp³-hybridized carbons (Fsp3) is 0.312. The van der Waals surface area contributed by atoms with Gasteiger partial charge < -0.3 is 0 Å². The molecule has 4 heterocycles. The summed E-state index contributed by atoms with van der Waals surface area (Å²) in [6.07, 6.45) is 6.53. The molecule has 0 unspecified atom stereocenters. The second-order valence-electron chi connectivity index (χ2n) is 10.6. The first-order valence-electron chi connectivity index (χ1n) is 13.1. The summed E-state index contributed by atoms with van der Waals surface area (Å²) in [5.41, 5.74) is 9.80. The van der Waals surface area contributed by atoms with E-state index < -0.39 is 0 Å². The number of benzene rings is 2. The van der Waals surface area contributed by atoms with Crippen molar-refractivity contribution in [2.75, 3.05) is 13.1 Å². The fourth-order valence-corrected chi connectivity index (χ4v) is 6.00. The van der Waals surface area contributed by atoms with Gasteiger partial charge in [-0.3, -0.25) is 19.8 Å². The largest absolute Gasteiger partial charge is 0.296 e. The molecule has 2 aliphatic rings. The monoisotopic (exact) mass is 474 g/mol. The highest BCUT2D eigenvalue weighted by molar-refractivity contribution is 5.61. The number of nitrogens with zero attached hydrogens (tertiary/aromatic N) is 4. The van der Waals surface area contributed by atoms with Gasteiger partial charge in [0, 0.05) is 61.8 Å². The minimum atomic E-state index is 0.623. The first kappa shape index (κ1) is 23.1. The molecule has 2 aromatic carbocycles. The van der Waals surface area contributed by atoms with Gasteiger partial charge in [-0.2, -0.15) is 0 Å². The minimum Gasteiger partial charge on any atom is -0.296 e. The molecule has 4 heteroatoms. The van der Waals surface area contributed by atoms with E-state index in [-0.39, 0.29) is 0 Å². The maximum absolute atomic E-state index is 4.66. The van der Waals surface area contributed by atoms with Crippen LogP contribution in [0, 0.1) is 13.8 Å². The van der Waals surface area contributed by atoms with E-state index in [1.54, 1.807) is 0 Å². The highest BCUT2D eigenvalue weighted by atomic mass is 15.3. The third kappa shape index (κ3) is 4.97. The molecule has 6 rings (SSSR count). The van der Waals surface area contributed by atoms with Crippen molar-refractivity contribution in [3.05, 3.63) is 107 Å². The number of pyridine rings is 2. The molecule has 0 aliphatic carbocycles. The SMILES string of the molecule is Cc1cccc(-c2cc(CN3C[C@H]4CC[C@@H](C3)N4Cc3ccnc(-c4cccc(C)c4)c3)ccn2)c1. The summed E-state index contributed by atoms with van der Waals surface area (Å²) >= 11 is 0. The molecule has 0 spiro atoms. The quantitative estimate of drug-likeness (QED) is 0.329. The Hall–Kier alpha value is -3.34. The Morgan fingerprint density at radius 2 is 1.19 bits per heavy atom. The highest BCUT2D eigenvalue weighted by Crippen LogP contribution is 2.33. The second kappa shape index (κ2) is 9.96. The number of piperazine rings is 1. The number of aryl methyl sites for hydroxylation is 2. The third-order valence-corrected chi connectivity index (χ3v) is 7.76. The van der Waals surface area contributed by atoms with Crippen LogP contribution in [0.25, 0.3) is 22.5 Å². The molecule has 2 aliphatic heterocycles. The molecule has 36 heavy (non-hydrogen) atoms. The maximum atomic E-state index is 4.66. The molecule has 2 bridgehead atoms. The van der Waals surface area contributed by atoms with Crippen LogP contribution >= 0.6 is 0 Å². The average molecular weight is 475 g/mol. The van der Waals surface area contributed by atoms with Gasteiger partial charge in [-0.1, -0.05) is 47.5 Å². The van der Waals surface area contributed by atoms with Crippen molar-refractivity contribution in [2.24, 2.45) is 0 Å². The van der Waals surface area contributed by atoms with Crippen LogP contribution in [-0.4, -0.2) is 44.9 Å². The van der Waals surface area contributed by atoms with Crippen molar-refractivity contribution >= 4 is 0 Å². The van der Waals surface area contributed by atoms with E-state index in [4.69, 9.17) is 0 Å². The standard InChI is InChI=1S/C32H34N4/c1-23-5-3-7-27(15-23)31-17-25(11-13-33-31)19-35-21-29-9-10-30(22-35)36(29)20-26-12-14-34-32(18-26)28-8-4-6-24(2)16-28/h3-8,11-18,29-30H,9-10,19-22H2,1-2H3/t29-,30+. The van der Waals surface area contributed by atoms with E-state index >= 15 is 0 Å². The van der Waals surface area contributed by atoms with Crippen LogP contribution in [0.3, 0.4) is 0 Å². The number of fused-ring (bicyclic) bond motifs is 2. The van der Waals surface area contributed by atoms with Gasteiger partial charge in [-0.25, -0.2) is 0 Å². The Morgan fingerprint density at radius 3 is 1.72 bits per heavy atom. The number of rotatable bonds is 6. The second-order valence-corrected chi connectivity index (χ2v) is 10.6. The molecule has 0 saturated carbocycles. The molecular formula is C32H34N4. The summed E-state index contributed by atoms with van der Waals surface area (Å²) < 4.78 is 0. The number of hydrogen-bond acceptors (Lipinski definition) is 4. The molecule has 4 aromatic rings. The van der Waals surface area contributed by atoms with Crippen LogP contribution < -0.4 is 0 Å². The van der Waals surface area contributed by atoms with Crippen LogP contribution in [0.5, 0.6) is 0 Å². The van der Waals surface area contributed by atoms with E-state index in [2.05, 4.69) is 106 Å². The van der Waals surface area contributed by atoms with Crippen molar-refractivity contribution in [3.8, 4) is 22.5 Å². The zero-order valence-electron chi connectivity index (χ0n) is 21.3. The van der Waals surface area contributed by atoms with Crippen LogP contribution in [0.15, 0.2) is 85.2 Å². The van der Waals surface area contributed by atoms with Gasteiger partial charge in [-0.15, -0.1) is 0 Å². The molecule has 0 N–H and O–H groups in total. The van der Waals surface area contributed by atoms with E-state index in [0.29, 0.717) is 12.1 Å². The van der Waals surface area contributed by atoms with Crippen molar-refractivity contribution in [2.45, 2.75) is 51.9 Å². The first-order chi connectivity index (χ1) is 17.6. The molecule has 4 nitrogen and oxygen atoms in total. The summed E-state index contributed by atoms with van der Waals surface area (Å²) in [6, 6.07) is 27.4. The summed E-state index contributed by atoms with van der Waals surface area (Å²) in [4.78, 5) is 14.7. The van der Waals surface area contributed by atoms with E-state index in [1.165, 1.54) is 46.2 Å². The van der Waals surface area contributed by atoms with Gasteiger partial charge >= 0.3 is 0 Å². The zero-order valence-corrected chi connectivity index (χ0v) is 21.3. The topological polar surface area (TPSA) is 32.3 Å². The van der Waals surface area contributed by atoms with Crippen molar-refractivity contribution in [1.82, 2.24) is 19.8 Å². The lowest BCUT2D eigenvalue weighted by atomic mass is 10.0. The first-order valence-corrected chi connectivity index (χ1v) is 13.1. The highest BCUT2D eigenvalue weighted by Gasteiger charge is 2.39. The fourth-order valence-electron chi connectivity index (χ4n) is 6.00. The number of aromatic nitrogens is 2. The van der Waals surface area contributed by atoms with E-state index in [9.17, 15) is 0 Å². The molecule has 2 atom stereocenters. The van der Waals surface area contributed by atoms with Crippen molar-refractivity contribution < 1.29 is 0 Å². The van der Waals surface area contributed by atoms with Gasteiger partial charge in [0.15, 0.2) is 0 Å². The Balaban J connectivity index is 1.13. The lowest BCUT2D eigenvalue weighted by Crippen LogP contribution is -2.52. The van der Waals surface area contributed by atoms with Crippen molar-refractivity contribution in [3.63, 3.8) is 0 Å². The summed E-state index contributed by atoms with van der Waals surface area (Å²) in [5, 5.41) is 0. The van der Waals surface area contributed by atoms with Crippen LogP contribution in [0.4, 0.5) is 0 Å². The van der Waals surface area contributed by atoms with Gasteiger partial charge in [0.05, 0.1) is 11.4 Å². The summed E-state index contributed by atoms with van der Waals surface area (Å²) in [6.45, 7) is 8.55. The van der Waals surface area contributed by atoms with Crippen LogP contribution in [-0.2, 0) is 13.1 Å². The van der Waals surface area contributed by atoms with Crippen LogP contribution in [0.2, 0.25) is 0 Å². The van der Waals surface area contributed by atoms with E-state index in [1.807, 2.05) is 12.4 Å². The van der Waals surface area contributed by atoms with E-state index in [0.717, 1.165) is 37.6 Å². The molecule has 2 fully saturated rings. The lowest BCUT2D eigenvalue weighted by Gasteiger charge is -2.41.